The highest BCUT2D eigenvalue weighted by Gasteiger charge is 2.31. The summed E-state index contributed by atoms with van der Waals surface area (Å²) in [5.74, 6) is 0.433. The summed E-state index contributed by atoms with van der Waals surface area (Å²) in [6.07, 6.45) is 5.12. The standard InChI is InChI=1S/C12H17NO3/c1-9-10(4-7-16-9)11(14)13-8-12(15)5-2-3-6-12/h4,7,15H,2-3,5-6,8H2,1H3,(H,13,14). The molecule has 4 heteroatoms. The van der Waals surface area contributed by atoms with Crippen molar-refractivity contribution in [2.24, 2.45) is 0 Å². The molecule has 88 valence electrons. The third-order valence-corrected chi connectivity index (χ3v) is 3.22. The summed E-state index contributed by atoms with van der Waals surface area (Å²) < 4.78 is 5.06. The van der Waals surface area contributed by atoms with Crippen LogP contribution in [0.4, 0.5) is 0 Å². The zero-order valence-electron chi connectivity index (χ0n) is 9.45. The molecule has 0 saturated heterocycles. The summed E-state index contributed by atoms with van der Waals surface area (Å²) in [6, 6.07) is 1.64. The Morgan fingerprint density at radius 1 is 1.56 bits per heavy atom. The molecule has 1 aromatic rings. The van der Waals surface area contributed by atoms with Crippen LogP contribution in [0.25, 0.3) is 0 Å². The molecule has 2 rings (SSSR count). The molecule has 0 radical (unpaired) electrons. The minimum atomic E-state index is -0.701. The zero-order chi connectivity index (χ0) is 11.6. The summed E-state index contributed by atoms with van der Waals surface area (Å²) in [7, 11) is 0. The molecule has 1 aliphatic rings. The van der Waals surface area contributed by atoms with Crippen LogP contribution in [-0.2, 0) is 0 Å². The van der Waals surface area contributed by atoms with Gasteiger partial charge in [0.25, 0.3) is 5.91 Å². The number of rotatable bonds is 3. The summed E-state index contributed by atoms with van der Waals surface area (Å²) in [5.41, 5.74) is -0.158. The number of furan rings is 1. The summed E-state index contributed by atoms with van der Waals surface area (Å²) >= 11 is 0. The lowest BCUT2D eigenvalue weighted by Gasteiger charge is -2.22. The Morgan fingerprint density at radius 3 is 2.81 bits per heavy atom. The van der Waals surface area contributed by atoms with E-state index >= 15 is 0 Å². The Balaban J connectivity index is 1.91. The van der Waals surface area contributed by atoms with E-state index in [9.17, 15) is 9.90 Å². The second-order valence-electron chi connectivity index (χ2n) is 4.50. The Labute approximate surface area is 94.6 Å². The quantitative estimate of drug-likeness (QED) is 0.818. The van der Waals surface area contributed by atoms with Crippen LogP contribution in [0.15, 0.2) is 16.7 Å². The lowest BCUT2D eigenvalue weighted by atomic mass is 10.0. The number of carbonyl (C=O) groups excluding carboxylic acids is 1. The first-order chi connectivity index (χ1) is 7.61. The van der Waals surface area contributed by atoms with E-state index in [2.05, 4.69) is 5.32 Å². The molecule has 1 aromatic heterocycles. The van der Waals surface area contributed by atoms with E-state index in [1.807, 2.05) is 0 Å². The van der Waals surface area contributed by atoms with Crippen molar-refractivity contribution in [3.8, 4) is 0 Å². The number of hydrogen-bond acceptors (Lipinski definition) is 3. The molecular weight excluding hydrogens is 206 g/mol. The molecule has 1 saturated carbocycles. The third kappa shape index (κ3) is 2.27. The molecule has 0 atom stereocenters. The van der Waals surface area contributed by atoms with Crippen LogP contribution in [0.1, 0.15) is 41.8 Å². The molecule has 1 aliphatic carbocycles. The topological polar surface area (TPSA) is 62.5 Å². The van der Waals surface area contributed by atoms with Crippen molar-refractivity contribution < 1.29 is 14.3 Å². The Kier molecular flexibility index (Phi) is 3.01. The first-order valence-electron chi connectivity index (χ1n) is 5.65. The van der Waals surface area contributed by atoms with E-state index < -0.39 is 5.60 Å². The summed E-state index contributed by atoms with van der Waals surface area (Å²) in [6.45, 7) is 2.08. The van der Waals surface area contributed by atoms with Gasteiger partial charge in [-0.05, 0) is 25.8 Å². The van der Waals surface area contributed by atoms with Gasteiger partial charge in [0.15, 0.2) is 0 Å². The van der Waals surface area contributed by atoms with Crippen LogP contribution in [0.3, 0.4) is 0 Å². The summed E-state index contributed by atoms with van der Waals surface area (Å²) in [5, 5.41) is 12.8. The molecule has 1 heterocycles. The zero-order valence-corrected chi connectivity index (χ0v) is 9.45. The van der Waals surface area contributed by atoms with Crippen molar-refractivity contribution in [3.63, 3.8) is 0 Å². The van der Waals surface area contributed by atoms with E-state index in [1.165, 1.54) is 6.26 Å². The van der Waals surface area contributed by atoms with Crippen molar-refractivity contribution >= 4 is 5.91 Å². The highest BCUT2D eigenvalue weighted by atomic mass is 16.3. The van der Waals surface area contributed by atoms with Gasteiger partial charge in [-0.3, -0.25) is 4.79 Å². The molecule has 16 heavy (non-hydrogen) atoms. The molecule has 0 bridgehead atoms. The Hall–Kier alpha value is -1.29. The third-order valence-electron chi connectivity index (χ3n) is 3.22. The minimum Gasteiger partial charge on any atom is -0.469 e. The number of amides is 1. The van der Waals surface area contributed by atoms with Gasteiger partial charge in [-0.15, -0.1) is 0 Å². The molecule has 4 nitrogen and oxygen atoms in total. The summed E-state index contributed by atoms with van der Waals surface area (Å²) in [4.78, 5) is 11.7. The van der Waals surface area contributed by atoms with Gasteiger partial charge in [-0.1, -0.05) is 12.8 Å². The Bertz CT molecular complexity index is 377. The lowest BCUT2D eigenvalue weighted by molar-refractivity contribution is 0.0449. The molecule has 1 fully saturated rings. The Morgan fingerprint density at radius 2 is 2.25 bits per heavy atom. The van der Waals surface area contributed by atoms with E-state index in [-0.39, 0.29) is 5.91 Å². The van der Waals surface area contributed by atoms with E-state index in [0.29, 0.717) is 17.9 Å². The van der Waals surface area contributed by atoms with Gasteiger partial charge in [-0.2, -0.15) is 0 Å². The smallest absolute Gasteiger partial charge is 0.254 e. The number of carbonyl (C=O) groups is 1. The van der Waals surface area contributed by atoms with Crippen LogP contribution in [0.2, 0.25) is 0 Å². The first kappa shape index (κ1) is 11.2. The molecule has 1 amide bonds. The van der Waals surface area contributed by atoms with Gasteiger partial charge in [0.05, 0.1) is 17.4 Å². The van der Waals surface area contributed by atoms with E-state index in [0.717, 1.165) is 25.7 Å². The van der Waals surface area contributed by atoms with Gasteiger partial charge >= 0.3 is 0 Å². The van der Waals surface area contributed by atoms with Gasteiger partial charge in [-0.25, -0.2) is 0 Å². The van der Waals surface area contributed by atoms with Crippen LogP contribution < -0.4 is 5.32 Å². The maximum atomic E-state index is 11.7. The second kappa shape index (κ2) is 4.29. The number of hydrogen-bond donors (Lipinski definition) is 2. The lowest BCUT2D eigenvalue weighted by Crippen LogP contribution is -2.40. The second-order valence-corrected chi connectivity index (χ2v) is 4.50. The minimum absolute atomic E-state index is 0.174. The van der Waals surface area contributed by atoms with Gasteiger partial charge in [0.2, 0.25) is 0 Å². The van der Waals surface area contributed by atoms with Gasteiger partial charge in [0, 0.05) is 6.54 Å². The van der Waals surface area contributed by atoms with Crippen molar-refractivity contribution in [3.05, 3.63) is 23.7 Å². The van der Waals surface area contributed by atoms with Gasteiger partial charge < -0.3 is 14.8 Å². The highest BCUT2D eigenvalue weighted by molar-refractivity contribution is 5.95. The molecule has 0 unspecified atom stereocenters. The average molecular weight is 223 g/mol. The van der Waals surface area contributed by atoms with Crippen LogP contribution in [0.5, 0.6) is 0 Å². The van der Waals surface area contributed by atoms with Crippen molar-refractivity contribution in [2.75, 3.05) is 6.54 Å². The van der Waals surface area contributed by atoms with Crippen molar-refractivity contribution in [2.45, 2.75) is 38.2 Å². The fourth-order valence-corrected chi connectivity index (χ4v) is 2.17. The van der Waals surface area contributed by atoms with E-state index in [4.69, 9.17) is 4.42 Å². The largest absolute Gasteiger partial charge is 0.469 e. The number of aryl methyl sites for hydroxylation is 1. The van der Waals surface area contributed by atoms with Crippen molar-refractivity contribution in [1.82, 2.24) is 5.32 Å². The van der Waals surface area contributed by atoms with E-state index in [1.54, 1.807) is 13.0 Å². The normalized spacial score (nSPS) is 18.6. The van der Waals surface area contributed by atoms with Gasteiger partial charge in [0.1, 0.15) is 5.76 Å². The number of aliphatic hydroxyl groups is 1. The van der Waals surface area contributed by atoms with Crippen LogP contribution in [0, 0.1) is 6.92 Å². The predicted octanol–water partition coefficient (Wildman–Crippen LogP) is 1.62. The first-order valence-corrected chi connectivity index (χ1v) is 5.65. The molecule has 2 N–H and O–H groups in total. The molecule has 0 aliphatic heterocycles. The fraction of sp³-hybridized carbons (Fsp3) is 0.583. The van der Waals surface area contributed by atoms with Crippen molar-refractivity contribution in [1.29, 1.82) is 0 Å². The fourth-order valence-electron chi connectivity index (χ4n) is 2.17. The maximum Gasteiger partial charge on any atom is 0.254 e. The number of nitrogens with one attached hydrogen (secondary N) is 1. The van der Waals surface area contributed by atoms with Crippen LogP contribution >= 0.6 is 0 Å². The SMILES string of the molecule is Cc1occc1C(=O)NCC1(O)CCCC1. The molecular formula is C12H17NO3. The van der Waals surface area contributed by atoms with Crippen LogP contribution in [-0.4, -0.2) is 23.2 Å². The maximum absolute atomic E-state index is 11.7. The molecule has 0 spiro atoms. The predicted molar refractivity (Wildman–Crippen MR) is 59.2 cm³/mol. The highest BCUT2D eigenvalue weighted by Crippen LogP contribution is 2.28. The molecule has 0 aromatic carbocycles. The monoisotopic (exact) mass is 223 g/mol. The average Bonchev–Trinajstić information content (AvgIpc) is 2.85.